The molecule has 1 heterocycles. The van der Waals surface area contributed by atoms with Crippen molar-refractivity contribution in [1.82, 2.24) is 0 Å². The van der Waals surface area contributed by atoms with Gasteiger partial charge >= 0.3 is 0 Å². The van der Waals surface area contributed by atoms with Crippen molar-refractivity contribution in [1.29, 1.82) is 0 Å². The zero-order valence-corrected chi connectivity index (χ0v) is 13.6. The summed E-state index contributed by atoms with van der Waals surface area (Å²) in [5, 5.41) is 0.804. The maximum absolute atomic E-state index is 6.48. The molecule has 1 aromatic carbocycles. The van der Waals surface area contributed by atoms with Gasteiger partial charge < -0.3 is 4.74 Å². The van der Waals surface area contributed by atoms with Gasteiger partial charge in [-0.3, -0.25) is 0 Å². The van der Waals surface area contributed by atoms with Gasteiger partial charge in [-0.1, -0.05) is 23.2 Å². The first-order chi connectivity index (χ1) is 9.02. The Labute approximate surface area is 132 Å². The third-order valence-corrected chi connectivity index (χ3v) is 4.92. The monoisotopic (exact) mass is 334 g/mol. The first-order valence-corrected chi connectivity index (χ1v) is 7.86. The Hall–Kier alpha value is -0.410. The molecular weight excluding hydrogens is 323 g/mol. The molecule has 2 aromatic rings. The minimum atomic E-state index is -0.292. The van der Waals surface area contributed by atoms with Crippen LogP contribution in [-0.2, 0) is 0 Å². The maximum atomic E-state index is 6.48. The number of thiophene rings is 1. The Morgan fingerprint density at radius 2 is 1.95 bits per heavy atom. The van der Waals surface area contributed by atoms with Gasteiger partial charge in [-0.25, -0.2) is 0 Å². The summed E-state index contributed by atoms with van der Waals surface area (Å²) in [6.45, 7) is 4.49. The summed E-state index contributed by atoms with van der Waals surface area (Å²) in [6.07, 6.45) is 0. The van der Waals surface area contributed by atoms with Gasteiger partial charge in [-0.05, 0) is 37.6 Å². The zero-order chi connectivity index (χ0) is 14.0. The second-order valence-electron chi connectivity index (χ2n) is 4.05. The van der Waals surface area contributed by atoms with Gasteiger partial charge in [0.2, 0.25) is 0 Å². The highest BCUT2D eigenvalue weighted by atomic mass is 35.5. The Morgan fingerprint density at radius 1 is 1.21 bits per heavy atom. The number of hydrogen-bond acceptors (Lipinski definition) is 2. The minimum Gasteiger partial charge on any atom is -0.492 e. The van der Waals surface area contributed by atoms with Crippen LogP contribution >= 0.6 is 46.1 Å². The molecule has 5 heteroatoms. The highest BCUT2D eigenvalue weighted by molar-refractivity contribution is 7.12. The second-order valence-corrected chi connectivity index (χ2v) is 6.62. The fourth-order valence-electron chi connectivity index (χ4n) is 1.75. The predicted molar refractivity (Wildman–Crippen MR) is 84.4 cm³/mol. The highest BCUT2D eigenvalue weighted by Crippen LogP contribution is 2.41. The molecule has 0 radical (unpaired) electrons. The summed E-state index contributed by atoms with van der Waals surface area (Å²) in [5.74, 6) is 0.587. The van der Waals surface area contributed by atoms with Crippen LogP contribution in [0.3, 0.4) is 0 Å². The number of rotatable bonds is 4. The molecule has 0 aliphatic heterocycles. The van der Waals surface area contributed by atoms with Crippen molar-refractivity contribution in [3.05, 3.63) is 49.6 Å². The van der Waals surface area contributed by atoms with Crippen LogP contribution in [0.2, 0.25) is 10.0 Å². The number of ether oxygens (including phenoxy) is 1. The van der Waals surface area contributed by atoms with Gasteiger partial charge in [-0.15, -0.1) is 22.9 Å². The highest BCUT2D eigenvalue weighted by Gasteiger charge is 2.18. The first-order valence-electron chi connectivity index (χ1n) is 5.85. The van der Waals surface area contributed by atoms with E-state index in [1.165, 1.54) is 4.88 Å². The third-order valence-electron chi connectivity index (χ3n) is 2.64. The summed E-state index contributed by atoms with van der Waals surface area (Å²) in [7, 11) is 0. The molecule has 0 aliphatic rings. The van der Waals surface area contributed by atoms with Crippen molar-refractivity contribution >= 4 is 46.1 Å². The molecule has 1 unspecified atom stereocenters. The molecule has 0 spiro atoms. The fraction of sp³-hybridized carbons (Fsp3) is 0.286. The standard InChI is InChI=1S/C14H13Cl3OS/c1-3-18-12-7-10(15)9(6-11(12)16)14(17)13-5-4-8(2)19-13/h4-7,14H,3H2,1-2H3. The van der Waals surface area contributed by atoms with Gasteiger partial charge in [-0.2, -0.15) is 0 Å². The van der Waals surface area contributed by atoms with Gasteiger partial charge in [0.05, 0.1) is 17.0 Å². The fourth-order valence-corrected chi connectivity index (χ4v) is 3.55. The van der Waals surface area contributed by atoms with E-state index in [2.05, 4.69) is 0 Å². The molecule has 1 atom stereocenters. The topological polar surface area (TPSA) is 9.23 Å². The largest absolute Gasteiger partial charge is 0.492 e. The predicted octanol–water partition coefficient (Wildman–Crippen LogP) is 6.09. The quantitative estimate of drug-likeness (QED) is 0.614. The average Bonchev–Trinajstić information content (AvgIpc) is 2.79. The maximum Gasteiger partial charge on any atom is 0.139 e. The van der Waals surface area contributed by atoms with Crippen molar-refractivity contribution in [3.63, 3.8) is 0 Å². The van der Waals surface area contributed by atoms with Gasteiger partial charge in [0, 0.05) is 20.8 Å². The number of halogens is 3. The SMILES string of the molecule is CCOc1cc(Cl)c(C(Cl)c2ccc(C)s2)cc1Cl. The molecule has 19 heavy (non-hydrogen) atoms. The first kappa shape index (κ1) is 15.0. The Bertz CT molecular complexity index is 580. The van der Waals surface area contributed by atoms with Crippen LogP contribution in [0, 0.1) is 6.92 Å². The van der Waals surface area contributed by atoms with E-state index < -0.39 is 0 Å². The van der Waals surface area contributed by atoms with E-state index in [9.17, 15) is 0 Å². The van der Waals surface area contributed by atoms with E-state index >= 15 is 0 Å². The lowest BCUT2D eigenvalue weighted by Crippen LogP contribution is -1.96. The van der Waals surface area contributed by atoms with Crippen LogP contribution in [0.4, 0.5) is 0 Å². The number of benzene rings is 1. The molecule has 2 rings (SSSR count). The van der Waals surface area contributed by atoms with Gasteiger partial charge in [0.1, 0.15) is 5.75 Å². The van der Waals surface area contributed by atoms with Crippen molar-refractivity contribution in [3.8, 4) is 5.75 Å². The summed E-state index contributed by atoms with van der Waals surface area (Å²) < 4.78 is 5.41. The van der Waals surface area contributed by atoms with Gasteiger partial charge in [0.25, 0.3) is 0 Å². The van der Waals surface area contributed by atoms with E-state index in [1.54, 1.807) is 23.5 Å². The van der Waals surface area contributed by atoms with E-state index in [-0.39, 0.29) is 5.38 Å². The van der Waals surface area contributed by atoms with E-state index in [0.717, 1.165) is 10.4 Å². The summed E-state index contributed by atoms with van der Waals surface area (Å²) in [4.78, 5) is 2.27. The molecule has 1 nitrogen and oxygen atoms in total. The third kappa shape index (κ3) is 3.38. The van der Waals surface area contributed by atoms with Crippen molar-refractivity contribution < 1.29 is 4.74 Å². The van der Waals surface area contributed by atoms with Crippen molar-refractivity contribution in [2.24, 2.45) is 0 Å². The van der Waals surface area contributed by atoms with Crippen LogP contribution in [0.15, 0.2) is 24.3 Å². The summed E-state index contributed by atoms with van der Waals surface area (Å²) in [5.41, 5.74) is 0.804. The van der Waals surface area contributed by atoms with Gasteiger partial charge in [0.15, 0.2) is 0 Å². The smallest absolute Gasteiger partial charge is 0.139 e. The Balaban J connectivity index is 2.37. The molecule has 0 bridgehead atoms. The van der Waals surface area contributed by atoms with Crippen molar-refractivity contribution in [2.45, 2.75) is 19.2 Å². The summed E-state index contributed by atoms with van der Waals surface area (Å²) in [6, 6.07) is 7.55. The minimum absolute atomic E-state index is 0.292. The molecule has 0 N–H and O–H groups in total. The lowest BCUT2D eigenvalue weighted by Gasteiger charge is -2.13. The van der Waals surface area contributed by atoms with Crippen LogP contribution in [0.1, 0.15) is 27.6 Å². The van der Waals surface area contributed by atoms with E-state index in [1.807, 2.05) is 26.0 Å². The number of alkyl halides is 1. The molecule has 0 saturated heterocycles. The molecule has 0 aliphatic carbocycles. The van der Waals surface area contributed by atoms with Crippen LogP contribution in [-0.4, -0.2) is 6.61 Å². The van der Waals surface area contributed by atoms with E-state index in [0.29, 0.717) is 22.4 Å². The lowest BCUT2D eigenvalue weighted by atomic mass is 10.1. The Morgan fingerprint density at radius 3 is 2.53 bits per heavy atom. The Kier molecular flexibility index (Phi) is 5.02. The number of hydrogen-bond donors (Lipinski definition) is 0. The van der Waals surface area contributed by atoms with Crippen LogP contribution < -0.4 is 4.74 Å². The molecule has 0 saturated carbocycles. The molecular formula is C14H13Cl3OS. The van der Waals surface area contributed by atoms with Crippen LogP contribution in [0.5, 0.6) is 5.75 Å². The van der Waals surface area contributed by atoms with Crippen molar-refractivity contribution in [2.75, 3.05) is 6.61 Å². The second kappa shape index (κ2) is 6.36. The average molecular weight is 336 g/mol. The molecule has 102 valence electrons. The lowest BCUT2D eigenvalue weighted by molar-refractivity contribution is 0.340. The van der Waals surface area contributed by atoms with Crippen LogP contribution in [0.25, 0.3) is 0 Å². The summed E-state index contributed by atoms with van der Waals surface area (Å²) >= 11 is 20.6. The zero-order valence-electron chi connectivity index (χ0n) is 10.5. The molecule has 0 amide bonds. The number of aryl methyl sites for hydroxylation is 1. The molecule has 0 fully saturated rings. The van der Waals surface area contributed by atoms with E-state index in [4.69, 9.17) is 39.5 Å². The normalized spacial score (nSPS) is 12.5. The molecule has 1 aromatic heterocycles.